The SMILES string of the molecule is Cc1ccccc1C1(C)CC(C)(C)c2ccccc21. The number of hydrogen-bond acceptors (Lipinski definition) is 0. The first kappa shape index (κ1) is 12.5. The van der Waals surface area contributed by atoms with Crippen molar-refractivity contribution in [1.82, 2.24) is 0 Å². The summed E-state index contributed by atoms with van der Waals surface area (Å²) in [5.41, 5.74) is 6.31. The molecular formula is C19H22. The molecule has 0 amide bonds. The van der Waals surface area contributed by atoms with E-state index in [-0.39, 0.29) is 10.8 Å². The maximum atomic E-state index is 2.41. The van der Waals surface area contributed by atoms with Crippen LogP contribution in [0.25, 0.3) is 0 Å². The van der Waals surface area contributed by atoms with Crippen LogP contribution in [0.15, 0.2) is 48.5 Å². The van der Waals surface area contributed by atoms with Gasteiger partial charge in [-0.25, -0.2) is 0 Å². The van der Waals surface area contributed by atoms with E-state index in [9.17, 15) is 0 Å². The van der Waals surface area contributed by atoms with Crippen LogP contribution in [0, 0.1) is 6.92 Å². The molecule has 1 atom stereocenters. The highest BCUT2D eigenvalue weighted by molar-refractivity contribution is 5.53. The lowest BCUT2D eigenvalue weighted by molar-refractivity contribution is 0.424. The Labute approximate surface area is 116 Å². The van der Waals surface area contributed by atoms with Gasteiger partial charge in [-0.1, -0.05) is 69.3 Å². The Morgan fingerprint density at radius 3 is 1.89 bits per heavy atom. The van der Waals surface area contributed by atoms with Crippen molar-refractivity contribution in [3.63, 3.8) is 0 Å². The van der Waals surface area contributed by atoms with Crippen LogP contribution in [-0.4, -0.2) is 0 Å². The monoisotopic (exact) mass is 250 g/mol. The molecular weight excluding hydrogens is 228 g/mol. The highest BCUT2D eigenvalue weighted by Crippen LogP contribution is 2.53. The molecule has 0 saturated heterocycles. The van der Waals surface area contributed by atoms with Gasteiger partial charge in [0.1, 0.15) is 0 Å². The van der Waals surface area contributed by atoms with Crippen LogP contribution in [0.2, 0.25) is 0 Å². The summed E-state index contributed by atoms with van der Waals surface area (Å²) >= 11 is 0. The van der Waals surface area contributed by atoms with Crippen LogP contribution in [0.5, 0.6) is 0 Å². The van der Waals surface area contributed by atoms with Crippen molar-refractivity contribution < 1.29 is 0 Å². The maximum absolute atomic E-state index is 2.41. The van der Waals surface area contributed by atoms with Gasteiger partial charge < -0.3 is 0 Å². The van der Waals surface area contributed by atoms with Gasteiger partial charge in [-0.05, 0) is 41.0 Å². The number of aryl methyl sites for hydroxylation is 1. The van der Waals surface area contributed by atoms with E-state index in [1.807, 2.05) is 0 Å². The van der Waals surface area contributed by atoms with Crippen molar-refractivity contribution >= 4 is 0 Å². The molecule has 2 aromatic rings. The molecule has 1 unspecified atom stereocenters. The van der Waals surface area contributed by atoms with Crippen molar-refractivity contribution in [3.8, 4) is 0 Å². The third kappa shape index (κ3) is 1.74. The Kier molecular flexibility index (Phi) is 2.60. The van der Waals surface area contributed by atoms with Crippen LogP contribution in [0.3, 0.4) is 0 Å². The van der Waals surface area contributed by atoms with Crippen molar-refractivity contribution in [2.75, 3.05) is 0 Å². The molecule has 0 spiro atoms. The van der Waals surface area contributed by atoms with Crippen molar-refractivity contribution in [2.45, 2.75) is 44.9 Å². The highest BCUT2D eigenvalue weighted by atomic mass is 14.5. The first-order valence-electron chi connectivity index (χ1n) is 7.11. The van der Waals surface area contributed by atoms with E-state index in [4.69, 9.17) is 0 Å². The molecule has 0 aromatic heterocycles. The number of fused-ring (bicyclic) bond motifs is 1. The molecule has 0 bridgehead atoms. The highest BCUT2D eigenvalue weighted by Gasteiger charge is 2.45. The quantitative estimate of drug-likeness (QED) is 0.669. The summed E-state index contributed by atoms with van der Waals surface area (Å²) in [4.78, 5) is 0. The molecule has 0 fully saturated rings. The van der Waals surface area contributed by atoms with Gasteiger partial charge in [0.2, 0.25) is 0 Å². The Bertz CT molecular complexity index is 621. The molecule has 1 aliphatic carbocycles. The average molecular weight is 250 g/mol. The molecule has 19 heavy (non-hydrogen) atoms. The summed E-state index contributed by atoms with van der Waals surface area (Å²) in [7, 11) is 0. The predicted octanol–water partition coefficient (Wildman–Crippen LogP) is 4.98. The van der Waals surface area contributed by atoms with Crippen molar-refractivity contribution in [3.05, 3.63) is 70.8 Å². The Hall–Kier alpha value is -1.56. The summed E-state index contributed by atoms with van der Waals surface area (Å²) in [6.07, 6.45) is 1.18. The zero-order valence-electron chi connectivity index (χ0n) is 12.3. The number of rotatable bonds is 1. The first-order valence-corrected chi connectivity index (χ1v) is 7.11. The fourth-order valence-corrected chi connectivity index (χ4v) is 4.06. The summed E-state index contributed by atoms with van der Waals surface area (Å²) in [5, 5.41) is 0. The second kappa shape index (κ2) is 3.96. The van der Waals surface area contributed by atoms with E-state index < -0.39 is 0 Å². The fourth-order valence-electron chi connectivity index (χ4n) is 4.06. The minimum atomic E-state index is 0.144. The second-order valence-electron chi connectivity index (χ2n) is 6.75. The molecule has 0 nitrogen and oxygen atoms in total. The van der Waals surface area contributed by atoms with E-state index in [1.54, 1.807) is 0 Å². The van der Waals surface area contributed by atoms with E-state index in [0.717, 1.165) is 0 Å². The van der Waals surface area contributed by atoms with E-state index in [2.05, 4.69) is 76.2 Å². The molecule has 2 aromatic carbocycles. The van der Waals surface area contributed by atoms with Gasteiger partial charge >= 0.3 is 0 Å². The smallest absolute Gasteiger partial charge is 0.0188 e. The average Bonchev–Trinajstić information content (AvgIpc) is 2.59. The Balaban J connectivity index is 2.25. The van der Waals surface area contributed by atoms with E-state index in [0.29, 0.717) is 0 Å². The van der Waals surface area contributed by atoms with Gasteiger partial charge in [-0.3, -0.25) is 0 Å². The van der Waals surface area contributed by atoms with Gasteiger partial charge in [-0.2, -0.15) is 0 Å². The molecule has 1 aliphatic rings. The van der Waals surface area contributed by atoms with Gasteiger partial charge in [0.25, 0.3) is 0 Å². The standard InChI is InChI=1S/C19H22/c1-14-9-5-6-10-15(14)19(4)13-18(2,3)16-11-7-8-12-17(16)19/h5-12H,13H2,1-4H3. The van der Waals surface area contributed by atoms with Crippen LogP contribution in [0.1, 0.15) is 49.4 Å². The molecule has 0 heterocycles. The lowest BCUT2D eigenvalue weighted by Gasteiger charge is -2.30. The van der Waals surface area contributed by atoms with Crippen LogP contribution in [-0.2, 0) is 10.8 Å². The molecule has 0 aliphatic heterocycles. The number of benzene rings is 2. The summed E-state index contributed by atoms with van der Waals surface area (Å²) in [5.74, 6) is 0. The molecule has 0 saturated carbocycles. The lowest BCUT2D eigenvalue weighted by atomic mass is 9.73. The summed E-state index contributed by atoms with van der Waals surface area (Å²) in [6, 6.07) is 17.8. The van der Waals surface area contributed by atoms with Crippen molar-refractivity contribution in [1.29, 1.82) is 0 Å². The molecule has 0 radical (unpaired) electrons. The fraction of sp³-hybridized carbons (Fsp3) is 0.368. The maximum Gasteiger partial charge on any atom is 0.0188 e. The third-order valence-corrected chi connectivity index (χ3v) is 4.79. The molecule has 98 valence electrons. The summed E-state index contributed by atoms with van der Waals surface area (Å²) in [6.45, 7) is 9.38. The summed E-state index contributed by atoms with van der Waals surface area (Å²) < 4.78 is 0. The van der Waals surface area contributed by atoms with Gasteiger partial charge in [0.05, 0.1) is 0 Å². The van der Waals surface area contributed by atoms with Gasteiger partial charge in [0.15, 0.2) is 0 Å². The van der Waals surface area contributed by atoms with Gasteiger partial charge in [-0.15, -0.1) is 0 Å². The lowest BCUT2D eigenvalue weighted by Crippen LogP contribution is -2.24. The normalized spacial score (nSPS) is 24.2. The predicted molar refractivity (Wildman–Crippen MR) is 81.7 cm³/mol. The van der Waals surface area contributed by atoms with Crippen LogP contribution in [0.4, 0.5) is 0 Å². The first-order chi connectivity index (χ1) is 8.95. The van der Waals surface area contributed by atoms with Gasteiger partial charge in [0, 0.05) is 5.41 Å². The van der Waals surface area contributed by atoms with Crippen LogP contribution < -0.4 is 0 Å². The van der Waals surface area contributed by atoms with E-state index in [1.165, 1.54) is 28.7 Å². The second-order valence-corrected chi connectivity index (χ2v) is 6.75. The Morgan fingerprint density at radius 2 is 1.26 bits per heavy atom. The van der Waals surface area contributed by atoms with Crippen LogP contribution >= 0.6 is 0 Å². The third-order valence-electron chi connectivity index (χ3n) is 4.79. The number of hydrogen-bond donors (Lipinski definition) is 0. The zero-order chi connectivity index (χ0) is 13.7. The molecule has 3 rings (SSSR count). The molecule has 0 N–H and O–H groups in total. The minimum Gasteiger partial charge on any atom is -0.0620 e. The Morgan fingerprint density at radius 1 is 0.737 bits per heavy atom. The topological polar surface area (TPSA) is 0 Å². The minimum absolute atomic E-state index is 0.144. The molecule has 0 heteroatoms. The largest absolute Gasteiger partial charge is 0.0620 e. The van der Waals surface area contributed by atoms with Crippen molar-refractivity contribution in [2.24, 2.45) is 0 Å². The van der Waals surface area contributed by atoms with E-state index >= 15 is 0 Å². The zero-order valence-corrected chi connectivity index (χ0v) is 12.3.